The molecular weight excluding hydrogens is 264 g/mol. The Morgan fingerprint density at radius 3 is 2.95 bits per heavy atom. The zero-order valence-electron chi connectivity index (χ0n) is 12.5. The molecule has 0 aliphatic carbocycles. The van der Waals surface area contributed by atoms with E-state index in [1.807, 2.05) is 19.1 Å². The Labute approximate surface area is 124 Å². The van der Waals surface area contributed by atoms with Gasteiger partial charge < -0.3 is 10.6 Å². The molecule has 2 N–H and O–H groups in total. The number of nitrogens with zero attached hydrogens (tertiary/aromatic N) is 3. The van der Waals surface area contributed by atoms with Gasteiger partial charge in [-0.15, -0.1) is 0 Å². The van der Waals surface area contributed by atoms with Gasteiger partial charge >= 0.3 is 0 Å². The molecular formula is C16H20N4O. The quantitative estimate of drug-likeness (QED) is 0.921. The molecule has 21 heavy (non-hydrogen) atoms. The van der Waals surface area contributed by atoms with Crippen molar-refractivity contribution in [1.29, 1.82) is 0 Å². The van der Waals surface area contributed by atoms with E-state index in [9.17, 15) is 4.79 Å². The third kappa shape index (κ3) is 2.39. The van der Waals surface area contributed by atoms with Crippen LogP contribution < -0.4 is 10.6 Å². The van der Waals surface area contributed by atoms with E-state index in [2.05, 4.69) is 18.1 Å². The summed E-state index contributed by atoms with van der Waals surface area (Å²) in [6, 6.07) is 6.22. The molecule has 1 aromatic carbocycles. The normalized spacial score (nSPS) is 14.1. The lowest BCUT2D eigenvalue weighted by Crippen LogP contribution is -2.36. The number of carbonyl (C=O) groups is 1. The molecule has 1 aliphatic rings. The van der Waals surface area contributed by atoms with Crippen LogP contribution in [0.15, 0.2) is 24.4 Å². The van der Waals surface area contributed by atoms with E-state index >= 15 is 0 Å². The van der Waals surface area contributed by atoms with E-state index in [1.165, 1.54) is 11.1 Å². The number of hydrogen-bond donors (Lipinski definition) is 1. The summed E-state index contributed by atoms with van der Waals surface area (Å²) in [5.41, 5.74) is 10.2. The van der Waals surface area contributed by atoms with Crippen LogP contribution in [0.1, 0.15) is 35.0 Å². The molecule has 0 bridgehead atoms. The highest BCUT2D eigenvalue weighted by Gasteiger charge is 2.26. The zero-order chi connectivity index (χ0) is 15.0. The average Bonchev–Trinajstić information content (AvgIpc) is 2.86. The number of amides is 1. The fraction of sp³-hybridized carbons (Fsp3) is 0.375. The number of benzene rings is 1. The zero-order valence-corrected chi connectivity index (χ0v) is 12.5. The second-order valence-electron chi connectivity index (χ2n) is 5.48. The average molecular weight is 284 g/mol. The lowest BCUT2D eigenvalue weighted by Gasteiger charge is -2.29. The summed E-state index contributed by atoms with van der Waals surface area (Å²) >= 11 is 0. The molecule has 2 aromatic rings. The Morgan fingerprint density at radius 1 is 1.43 bits per heavy atom. The molecule has 1 amide bonds. The van der Waals surface area contributed by atoms with Gasteiger partial charge in [-0.2, -0.15) is 5.10 Å². The maximum atomic E-state index is 12.8. The molecule has 0 spiro atoms. The summed E-state index contributed by atoms with van der Waals surface area (Å²) in [5.74, 6) is -0.107. The molecule has 3 rings (SSSR count). The van der Waals surface area contributed by atoms with Gasteiger partial charge in [0.1, 0.15) is 0 Å². The maximum Gasteiger partial charge on any atom is 0.280 e. The second-order valence-corrected chi connectivity index (χ2v) is 5.48. The molecule has 0 fully saturated rings. The SMILES string of the molecule is CCn1cc(N)c(C(=O)N2CCCc3cc(C)ccc32)n1. The molecule has 1 aromatic heterocycles. The molecule has 1 aliphatic heterocycles. The highest BCUT2D eigenvalue weighted by Crippen LogP contribution is 2.29. The number of hydrogen-bond acceptors (Lipinski definition) is 3. The van der Waals surface area contributed by atoms with Crippen molar-refractivity contribution in [2.24, 2.45) is 0 Å². The molecule has 2 heterocycles. The fourth-order valence-electron chi connectivity index (χ4n) is 2.83. The van der Waals surface area contributed by atoms with Crippen molar-refractivity contribution in [2.75, 3.05) is 17.2 Å². The first-order chi connectivity index (χ1) is 10.1. The van der Waals surface area contributed by atoms with Crippen LogP contribution in [-0.4, -0.2) is 22.2 Å². The molecule has 0 saturated heterocycles. The number of rotatable bonds is 2. The van der Waals surface area contributed by atoms with Crippen LogP contribution in [0.4, 0.5) is 11.4 Å². The summed E-state index contributed by atoms with van der Waals surface area (Å²) in [5, 5.41) is 4.29. The number of aromatic nitrogens is 2. The van der Waals surface area contributed by atoms with Crippen LogP contribution in [-0.2, 0) is 13.0 Å². The first kappa shape index (κ1) is 13.7. The highest BCUT2D eigenvalue weighted by molar-refractivity contribution is 6.08. The van der Waals surface area contributed by atoms with Gasteiger partial charge in [-0.1, -0.05) is 17.7 Å². The number of aryl methyl sites for hydroxylation is 3. The van der Waals surface area contributed by atoms with E-state index < -0.39 is 0 Å². The van der Waals surface area contributed by atoms with Crippen LogP contribution in [0, 0.1) is 6.92 Å². The minimum atomic E-state index is -0.107. The third-order valence-corrected chi connectivity index (χ3v) is 3.92. The van der Waals surface area contributed by atoms with Crippen LogP contribution in [0.2, 0.25) is 0 Å². The Hall–Kier alpha value is -2.30. The summed E-state index contributed by atoms with van der Waals surface area (Å²) in [4.78, 5) is 14.6. The van der Waals surface area contributed by atoms with E-state index in [0.29, 0.717) is 24.5 Å². The number of nitrogen functional groups attached to an aromatic ring is 1. The van der Waals surface area contributed by atoms with E-state index in [1.54, 1.807) is 15.8 Å². The van der Waals surface area contributed by atoms with Crippen molar-refractivity contribution in [3.8, 4) is 0 Å². The minimum absolute atomic E-state index is 0.107. The maximum absolute atomic E-state index is 12.8. The van der Waals surface area contributed by atoms with Crippen LogP contribution >= 0.6 is 0 Å². The van der Waals surface area contributed by atoms with Gasteiger partial charge in [-0.05, 0) is 38.3 Å². The van der Waals surface area contributed by atoms with Gasteiger partial charge in [0.25, 0.3) is 5.91 Å². The van der Waals surface area contributed by atoms with Crippen molar-refractivity contribution in [1.82, 2.24) is 9.78 Å². The predicted molar refractivity (Wildman–Crippen MR) is 83.5 cm³/mol. The van der Waals surface area contributed by atoms with Crippen molar-refractivity contribution in [3.63, 3.8) is 0 Å². The smallest absolute Gasteiger partial charge is 0.280 e. The Balaban J connectivity index is 1.98. The summed E-state index contributed by atoms with van der Waals surface area (Å²) in [6.07, 6.45) is 3.70. The van der Waals surface area contributed by atoms with E-state index in [0.717, 1.165) is 18.5 Å². The molecule has 110 valence electrons. The van der Waals surface area contributed by atoms with Gasteiger partial charge in [0.15, 0.2) is 5.69 Å². The Bertz CT molecular complexity index is 690. The van der Waals surface area contributed by atoms with Gasteiger partial charge in [0, 0.05) is 25.0 Å². The molecule has 0 radical (unpaired) electrons. The van der Waals surface area contributed by atoms with Crippen LogP contribution in [0.25, 0.3) is 0 Å². The highest BCUT2D eigenvalue weighted by atomic mass is 16.2. The molecule has 0 unspecified atom stereocenters. The molecule has 0 saturated carbocycles. The van der Waals surface area contributed by atoms with Crippen molar-refractivity contribution >= 4 is 17.3 Å². The topological polar surface area (TPSA) is 64.2 Å². The molecule has 5 nitrogen and oxygen atoms in total. The number of anilines is 2. The summed E-state index contributed by atoms with van der Waals surface area (Å²) in [7, 11) is 0. The molecule has 5 heteroatoms. The summed E-state index contributed by atoms with van der Waals surface area (Å²) < 4.78 is 1.70. The number of fused-ring (bicyclic) bond motifs is 1. The van der Waals surface area contributed by atoms with E-state index in [4.69, 9.17) is 5.73 Å². The standard InChI is InChI=1S/C16H20N4O/c1-3-19-10-13(17)15(18-19)16(21)20-8-4-5-12-9-11(2)6-7-14(12)20/h6-7,9-10H,3-5,8,17H2,1-2H3. The lowest BCUT2D eigenvalue weighted by molar-refractivity contribution is 0.0980. The number of nitrogens with two attached hydrogens (primary N) is 1. The number of carbonyl (C=O) groups excluding carboxylic acids is 1. The third-order valence-electron chi connectivity index (χ3n) is 3.92. The van der Waals surface area contributed by atoms with E-state index in [-0.39, 0.29) is 5.91 Å². The lowest BCUT2D eigenvalue weighted by atomic mass is 9.99. The minimum Gasteiger partial charge on any atom is -0.396 e. The van der Waals surface area contributed by atoms with Gasteiger partial charge in [0.05, 0.1) is 5.69 Å². The first-order valence-corrected chi connectivity index (χ1v) is 7.34. The first-order valence-electron chi connectivity index (χ1n) is 7.34. The van der Waals surface area contributed by atoms with Crippen LogP contribution in [0.3, 0.4) is 0 Å². The second kappa shape index (κ2) is 5.24. The van der Waals surface area contributed by atoms with Crippen molar-refractivity contribution in [3.05, 3.63) is 41.2 Å². The Morgan fingerprint density at radius 2 is 2.24 bits per heavy atom. The van der Waals surface area contributed by atoms with Gasteiger partial charge in [-0.25, -0.2) is 0 Å². The van der Waals surface area contributed by atoms with Crippen molar-refractivity contribution in [2.45, 2.75) is 33.2 Å². The van der Waals surface area contributed by atoms with Gasteiger partial charge in [0.2, 0.25) is 0 Å². The molecule has 0 atom stereocenters. The predicted octanol–water partition coefficient (Wildman–Crippen LogP) is 2.39. The van der Waals surface area contributed by atoms with Gasteiger partial charge in [-0.3, -0.25) is 9.48 Å². The fourth-order valence-corrected chi connectivity index (χ4v) is 2.83. The largest absolute Gasteiger partial charge is 0.396 e. The Kier molecular flexibility index (Phi) is 3.41. The van der Waals surface area contributed by atoms with Crippen molar-refractivity contribution < 1.29 is 4.79 Å². The summed E-state index contributed by atoms with van der Waals surface area (Å²) in [6.45, 7) is 5.46. The van der Waals surface area contributed by atoms with Crippen LogP contribution in [0.5, 0.6) is 0 Å². The monoisotopic (exact) mass is 284 g/mol.